The number of ether oxygens (including phenoxy) is 1. The number of methoxy groups -OCH3 is 1. The molecule has 0 spiro atoms. The van der Waals surface area contributed by atoms with Crippen molar-refractivity contribution in [2.24, 2.45) is 0 Å². The summed E-state index contributed by atoms with van der Waals surface area (Å²) in [7, 11) is 1.70. The highest BCUT2D eigenvalue weighted by molar-refractivity contribution is 8.00. The molecule has 0 aliphatic carbocycles. The molecule has 28 heavy (non-hydrogen) atoms. The van der Waals surface area contributed by atoms with Crippen molar-refractivity contribution < 1.29 is 4.74 Å². The molecule has 0 radical (unpaired) electrons. The fourth-order valence-corrected chi connectivity index (χ4v) is 4.92. The minimum Gasteiger partial charge on any atom is -0.497 e. The molecule has 4 rings (SSSR count). The van der Waals surface area contributed by atoms with Crippen LogP contribution in [0.1, 0.15) is 16.7 Å². The Morgan fingerprint density at radius 2 is 0.964 bits per heavy atom. The quantitative estimate of drug-likeness (QED) is 0.268. The van der Waals surface area contributed by atoms with Crippen LogP contribution in [0.25, 0.3) is 0 Å². The minimum atomic E-state index is -0.365. The summed E-state index contributed by atoms with van der Waals surface area (Å²) in [6.07, 6.45) is 0. The second kappa shape index (κ2) is 8.37. The summed E-state index contributed by atoms with van der Waals surface area (Å²) >= 11 is 1.87. The monoisotopic (exact) mass is 382 g/mol. The number of benzene rings is 4. The summed E-state index contributed by atoms with van der Waals surface area (Å²) < 4.78 is 5.04. The molecule has 0 heterocycles. The molecule has 0 N–H and O–H groups in total. The number of rotatable bonds is 6. The van der Waals surface area contributed by atoms with E-state index in [1.165, 1.54) is 21.6 Å². The van der Waals surface area contributed by atoms with Crippen LogP contribution in [0.5, 0.6) is 5.75 Å². The summed E-state index contributed by atoms with van der Waals surface area (Å²) in [5, 5.41) is 0. The molecular weight excluding hydrogens is 360 g/mol. The van der Waals surface area contributed by atoms with Gasteiger partial charge in [-0.15, -0.1) is 11.8 Å². The van der Waals surface area contributed by atoms with Crippen LogP contribution in [0, 0.1) is 0 Å². The highest BCUT2D eigenvalue weighted by Crippen LogP contribution is 2.51. The summed E-state index contributed by atoms with van der Waals surface area (Å²) in [6.45, 7) is 0. The fourth-order valence-electron chi connectivity index (χ4n) is 3.51. The summed E-state index contributed by atoms with van der Waals surface area (Å²) in [4.78, 5) is 1.23. The predicted molar refractivity (Wildman–Crippen MR) is 118 cm³/mol. The molecule has 0 aliphatic rings. The normalized spacial score (nSPS) is 11.2. The first-order valence-electron chi connectivity index (χ1n) is 9.32. The second-order valence-corrected chi connectivity index (χ2v) is 7.84. The average molecular weight is 383 g/mol. The largest absolute Gasteiger partial charge is 0.497 e. The van der Waals surface area contributed by atoms with Crippen molar-refractivity contribution in [3.05, 3.63) is 132 Å². The van der Waals surface area contributed by atoms with Crippen molar-refractivity contribution in [3.63, 3.8) is 0 Å². The van der Waals surface area contributed by atoms with Gasteiger partial charge in [0.1, 0.15) is 5.75 Å². The highest BCUT2D eigenvalue weighted by atomic mass is 32.2. The van der Waals surface area contributed by atoms with Gasteiger partial charge < -0.3 is 4.74 Å². The molecule has 0 amide bonds. The van der Waals surface area contributed by atoms with Gasteiger partial charge in [-0.25, -0.2) is 0 Å². The molecule has 0 bridgehead atoms. The lowest BCUT2D eigenvalue weighted by molar-refractivity contribution is 0.414. The number of thioether (sulfide) groups is 1. The van der Waals surface area contributed by atoms with Crippen LogP contribution in [0.3, 0.4) is 0 Å². The van der Waals surface area contributed by atoms with Gasteiger partial charge in [0.05, 0.1) is 11.9 Å². The highest BCUT2D eigenvalue weighted by Gasteiger charge is 2.37. The van der Waals surface area contributed by atoms with E-state index in [1.807, 2.05) is 23.9 Å². The van der Waals surface area contributed by atoms with Crippen LogP contribution in [0.4, 0.5) is 0 Å². The van der Waals surface area contributed by atoms with Crippen LogP contribution >= 0.6 is 11.8 Å². The molecule has 0 aromatic heterocycles. The van der Waals surface area contributed by atoms with Gasteiger partial charge in [-0.1, -0.05) is 91.0 Å². The summed E-state index contributed by atoms with van der Waals surface area (Å²) in [5.41, 5.74) is 3.72. The molecule has 138 valence electrons. The van der Waals surface area contributed by atoms with Gasteiger partial charge in [0, 0.05) is 4.90 Å². The zero-order valence-corrected chi connectivity index (χ0v) is 16.6. The van der Waals surface area contributed by atoms with E-state index in [1.54, 1.807) is 7.11 Å². The average Bonchev–Trinajstić information content (AvgIpc) is 2.79. The Bertz CT molecular complexity index is 957. The Balaban J connectivity index is 1.98. The van der Waals surface area contributed by atoms with Gasteiger partial charge in [0.2, 0.25) is 0 Å². The molecule has 1 nitrogen and oxygen atoms in total. The zero-order valence-electron chi connectivity index (χ0n) is 15.8. The first-order valence-corrected chi connectivity index (χ1v) is 10.1. The Kier molecular flexibility index (Phi) is 5.50. The first-order chi connectivity index (χ1) is 13.8. The lowest BCUT2D eigenvalue weighted by atomic mass is 9.84. The van der Waals surface area contributed by atoms with Gasteiger partial charge in [-0.2, -0.15) is 0 Å². The molecule has 0 saturated carbocycles. The van der Waals surface area contributed by atoms with E-state index in [0.717, 1.165) is 5.75 Å². The van der Waals surface area contributed by atoms with Crippen molar-refractivity contribution in [2.45, 2.75) is 9.64 Å². The van der Waals surface area contributed by atoms with Gasteiger partial charge in [0.15, 0.2) is 0 Å². The third-order valence-electron chi connectivity index (χ3n) is 4.87. The molecule has 0 fully saturated rings. The van der Waals surface area contributed by atoms with E-state index in [2.05, 4.69) is 103 Å². The van der Waals surface area contributed by atoms with Gasteiger partial charge in [-0.05, 0) is 41.0 Å². The van der Waals surface area contributed by atoms with Crippen LogP contribution in [-0.4, -0.2) is 7.11 Å². The van der Waals surface area contributed by atoms with E-state index in [9.17, 15) is 0 Å². The first kappa shape index (κ1) is 18.4. The maximum atomic E-state index is 5.40. The molecule has 2 heteroatoms. The van der Waals surface area contributed by atoms with Crippen molar-refractivity contribution in [1.29, 1.82) is 0 Å². The van der Waals surface area contributed by atoms with Gasteiger partial charge in [-0.3, -0.25) is 0 Å². The van der Waals surface area contributed by atoms with Crippen molar-refractivity contribution >= 4 is 11.8 Å². The van der Waals surface area contributed by atoms with E-state index in [-0.39, 0.29) is 4.75 Å². The van der Waals surface area contributed by atoms with Crippen LogP contribution in [0.15, 0.2) is 120 Å². The third-order valence-corrected chi connectivity index (χ3v) is 6.39. The van der Waals surface area contributed by atoms with Crippen molar-refractivity contribution in [2.75, 3.05) is 7.11 Å². The molecule has 0 atom stereocenters. The predicted octanol–water partition coefficient (Wildman–Crippen LogP) is 6.78. The van der Waals surface area contributed by atoms with E-state index >= 15 is 0 Å². The van der Waals surface area contributed by atoms with Crippen LogP contribution in [-0.2, 0) is 4.75 Å². The fraction of sp³-hybridized carbons (Fsp3) is 0.0769. The lowest BCUT2D eigenvalue weighted by Crippen LogP contribution is -2.25. The molecule has 0 unspecified atom stereocenters. The SMILES string of the molecule is COc1ccc(C(Sc2ccccc2)(c2ccccc2)c2ccccc2)cc1. The zero-order chi connectivity index (χ0) is 19.2. The molecular formula is C26H22OS. The standard InChI is InChI=1S/C26H22OS/c1-27-24-19-17-23(18-20-24)26(21-11-5-2-6-12-21,22-13-7-3-8-14-22)28-25-15-9-4-10-16-25/h2-20H,1H3. The summed E-state index contributed by atoms with van der Waals surface area (Å²) in [6, 6.07) is 40.5. The maximum Gasteiger partial charge on any atom is 0.118 e. The van der Waals surface area contributed by atoms with E-state index in [0.29, 0.717) is 0 Å². The Hall–Kier alpha value is -2.97. The molecule has 0 saturated heterocycles. The smallest absolute Gasteiger partial charge is 0.118 e. The Labute approximate surface area is 171 Å². The Morgan fingerprint density at radius 3 is 1.43 bits per heavy atom. The number of hydrogen-bond donors (Lipinski definition) is 0. The minimum absolute atomic E-state index is 0.365. The van der Waals surface area contributed by atoms with Gasteiger partial charge >= 0.3 is 0 Å². The Morgan fingerprint density at radius 1 is 0.536 bits per heavy atom. The van der Waals surface area contributed by atoms with Crippen molar-refractivity contribution in [3.8, 4) is 5.75 Å². The molecule has 4 aromatic rings. The summed E-state index contributed by atoms with van der Waals surface area (Å²) in [5.74, 6) is 0.864. The topological polar surface area (TPSA) is 9.23 Å². The van der Waals surface area contributed by atoms with Gasteiger partial charge in [0.25, 0.3) is 0 Å². The molecule has 0 aliphatic heterocycles. The van der Waals surface area contributed by atoms with Crippen molar-refractivity contribution in [1.82, 2.24) is 0 Å². The molecule has 4 aromatic carbocycles. The second-order valence-electron chi connectivity index (χ2n) is 6.56. The lowest BCUT2D eigenvalue weighted by Gasteiger charge is -2.35. The maximum absolute atomic E-state index is 5.40. The third kappa shape index (κ3) is 3.56. The number of hydrogen-bond acceptors (Lipinski definition) is 2. The van der Waals surface area contributed by atoms with E-state index < -0.39 is 0 Å². The van der Waals surface area contributed by atoms with Crippen LogP contribution < -0.4 is 4.74 Å². The van der Waals surface area contributed by atoms with Crippen LogP contribution in [0.2, 0.25) is 0 Å². The van der Waals surface area contributed by atoms with E-state index in [4.69, 9.17) is 4.74 Å².